The highest BCUT2D eigenvalue weighted by atomic mass is 127. The lowest BCUT2D eigenvalue weighted by molar-refractivity contribution is -0.141. The lowest BCUT2D eigenvalue weighted by Crippen LogP contribution is -2.48. The van der Waals surface area contributed by atoms with Crippen LogP contribution in [0.5, 0.6) is 5.75 Å². The molecule has 234 valence electrons. The largest absolute Gasteiger partial charge is 0.494 e. The second-order valence-corrected chi connectivity index (χ2v) is 13.2. The van der Waals surface area contributed by atoms with Gasteiger partial charge in [-0.25, -0.2) is 0 Å². The number of ether oxygens (including phenoxy) is 2. The Hall–Kier alpha value is -2.85. The van der Waals surface area contributed by atoms with Crippen LogP contribution in [0.2, 0.25) is 0 Å². The van der Waals surface area contributed by atoms with Gasteiger partial charge in [0.15, 0.2) is 0 Å². The van der Waals surface area contributed by atoms with E-state index in [1.807, 2.05) is 23.1 Å². The number of fused-ring (bicyclic) bond motifs is 1. The van der Waals surface area contributed by atoms with Gasteiger partial charge >= 0.3 is 5.97 Å². The molecule has 3 aliphatic rings. The van der Waals surface area contributed by atoms with Gasteiger partial charge in [0.25, 0.3) is 5.91 Å². The van der Waals surface area contributed by atoms with E-state index in [-0.39, 0.29) is 11.9 Å². The van der Waals surface area contributed by atoms with Crippen molar-refractivity contribution in [1.29, 1.82) is 0 Å². The summed E-state index contributed by atoms with van der Waals surface area (Å²) in [5.41, 5.74) is 3.16. The van der Waals surface area contributed by atoms with Crippen molar-refractivity contribution in [3.63, 3.8) is 0 Å². The monoisotopic (exact) mass is 709 g/mol. The molecule has 3 fully saturated rings. The summed E-state index contributed by atoms with van der Waals surface area (Å²) in [4.78, 5) is 32.6. The Labute approximate surface area is 275 Å². The van der Waals surface area contributed by atoms with Gasteiger partial charge in [-0.15, -0.1) is 0 Å². The summed E-state index contributed by atoms with van der Waals surface area (Å²) in [6.07, 6.45) is 7.91. The van der Waals surface area contributed by atoms with E-state index in [1.165, 1.54) is 36.9 Å². The Bertz CT molecular complexity index is 1430. The Balaban J connectivity index is 1.01. The van der Waals surface area contributed by atoms with Crippen LogP contribution < -0.4 is 9.64 Å². The van der Waals surface area contributed by atoms with Crippen LogP contribution in [0.4, 0.5) is 5.69 Å². The lowest BCUT2D eigenvalue weighted by atomic mass is 9.95. The van der Waals surface area contributed by atoms with Crippen LogP contribution in [-0.4, -0.2) is 78.7 Å². The number of amides is 1. The van der Waals surface area contributed by atoms with Crippen molar-refractivity contribution in [2.45, 2.75) is 56.9 Å². The Kier molecular flexibility index (Phi) is 10.3. The van der Waals surface area contributed by atoms with Gasteiger partial charge in [-0.3, -0.25) is 9.59 Å². The molecule has 0 radical (unpaired) electrons. The summed E-state index contributed by atoms with van der Waals surface area (Å²) in [5, 5.41) is 2.12. The van der Waals surface area contributed by atoms with Gasteiger partial charge in [-0.2, -0.15) is 0 Å². The average molecular weight is 710 g/mol. The first kappa shape index (κ1) is 31.1. The fraction of sp³-hybridized carbons (Fsp3) is 0.500. The molecule has 6 rings (SSSR count). The smallest absolute Gasteiger partial charge is 0.306 e. The van der Waals surface area contributed by atoms with Crippen molar-refractivity contribution in [3.05, 3.63) is 71.8 Å². The minimum atomic E-state index is -0.125. The zero-order chi connectivity index (χ0) is 30.5. The molecule has 1 heterocycles. The van der Waals surface area contributed by atoms with Gasteiger partial charge < -0.3 is 24.2 Å². The molecule has 2 unspecified atom stereocenters. The summed E-state index contributed by atoms with van der Waals surface area (Å²) >= 11 is 2.05. The molecular weight excluding hydrogens is 665 g/mol. The molecule has 8 heteroatoms. The van der Waals surface area contributed by atoms with E-state index in [9.17, 15) is 9.59 Å². The number of nitrogens with zero attached hydrogens (tertiary/aromatic N) is 3. The summed E-state index contributed by atoms with van der Waals surface area (Å²) in [6.45, 7) is 4.79. The van der Waals surface area contributed by atoms with Gasteiger partial charge in [0.1, 0.15) is 10.4 Å². The number of carbonyl (C=O) groups excluding carboxylic acids is 2. The molecule has 1 aliphatic heterocycles. The number of piperazine rings is 1. The van der Waals surface area contributed by atoms with E-state index >= 15 is 0 Å². The molecule has 7 nitrogen and oxygen atoms in total. The topological polar surface area (TPSA) is 62.3 Å². The normalized spacial score (nSPS) is 20.3. The molecule has 2 saturated carbocycles. The summed E-state index contributed by atoms with van der Waals surface area (Å²) in [6, 6.07) is 21.5. The number of hydrogen-bond donors (Lipinski definition) is 0. The quantitative estimate of drug-likeness (QED) is 0.0886. The van der Waals surface area contributed by atoms with Gasteiger partial charge in [0, 0.05) is 56.4 Å². The minimum absolute atomic E-state index is 0.0905. The highest BCUT2D eigenvalue weighted by molar-refractivity contribution is 14.1. The van der Waals surface area contributed by atoms with Crippen LogP contribution in [-0.2, 0) is 9.53 Å². The Morgan fingerprint density at radius 1 is 0.932 bits per heavy atom. The number of alkyl halides is 1. The number of anilines is 1. The number of rotatable bonds is 12. The molecule has 0 aromatic heterocycles. The second-order valence-electron chi connectivity index (χ2n) is 12.6. The van der Waals surface area contributed by atoms with E-state index < -0.39 is 0 Å². The fourth-order valence-electron chi connectivity index (χ4n) is 7.14. The van der Waals surface area contributed by atoms with Crippen molar-refractivity contribution < 1.29 is 19.1 Å². The number of carbonyl (C=O) groups is 2. The molecular formula is C36H44IN3O4. The molecule has 2 aliphatic carbocycles. The van der Waals surface area contributed by atoms with Crippen LogP contribution in [0.15, 0.2) is 60.7 Å². The highest BCUT2D eigenvalue weighted by Gasteiger charge is 2.41. The standard InChI is InChI=1S/C36H44IN3O4/c1-38(27-7-2-3-8-27)17-6-22-43-29-13-11-28(12-14-29)39-18-20-40(21-19-39)36(42)33-16-15-32(30-9-4-5-10-31(30)33)34-23-26(34)24-35(41)44-25-37/h4-5,9-16,26-27,34H,2-3,6-8,17-25H2,1H3. The van der Waals surface area contributed by atoms with Crippen LogP contribution in [0, 0.1) is 5.92 Å². The Morgan fingerprint density at radius 2 is 1.66 bits per heavy atom. The van der Waals surface area contributed by atoms with E-state index in [4.69, 9.17) is 9.47 Å². The Morgan fingerprint density at radius 3 is 2.39 bits per heavy atom. The van der Waals surface area contributed by atoms with Gasteiger partial charge in [0.05, 0.1) is 6.61 Å². The second kappa shape index (κ2) is 14.5. The summed E-state index contributed by atoms with van der Waals surface area (Å²) < 4.78 is 11.6. The maximum atomic E-state index is 13.7. The molecule has 44 heavy (non-hydrogen) atoms. The minimum Gasteiger partial charge on any atom is -0.494 e. The van der Waals surface area contributed by atoms with Crippen LogP contribution in [0.3, 0.4) is 0 Å². The van der Waals surface area contributed by atoms with Crippen molar-refractivity contribution in [2.24, 2.45) is 5.92 Å². The third-order valence-electron chi connectivity index (χ3n) is 9.80. The van der Waals surface area contributed by atoms with Crippen LogP contribution in [0.25, 0.3) is 10.8 Å². The van der Waals surface area contributed by atoms with E-state index in [0.717, 1.165) is 67.2 Å². The highest BCUT2D eigenvalue weighted by Crippen LogP contribution is 2.51. The molecule has 0 N–H and O–H groups in total. The summed E-state index contributed by atoms with van der Waals surface area (Å²) in [7, 11) is 2.25. The molecule has 1 saturated heterocycles. The molecule has 2 atom stereocenters. The predicted molar refractivity (Wildman–Crippen MR) is 184 cm³/mol. The van der Waals surface area contributed by atoms with Crippen molar-refractivity contribution in [2.75, 3.05) is 55.9 Å². The van der Waals surface area contributed by atoms with E-state index in [0.29, 0.717) is 36.0 Å². The van der Waals surface area contributed by atoms with Gasteiger partial charge in [-0.1, -0.05) is 43.2 Å². The van der Waals surface area contributed by atoms with Crippen LogP contribution >= 0.6 is 22.6 Å². The maximum absolute atomic E-state index is 13.7. The maximum Gasteiger partial charge on any atom is 0.306 e. The van der Waals surface area contributed by atoms with E-state index in [2.05, 4.69) is 81.9 Å². The summed E-state index contributed by atoms with van der Waals surface area (Å²) in [5.74, 6) is 1.54. The predicted octanol–water partition coefficient (Wildman–Crippen LogP) is 6.87. The SMILES string of the molecule is CN(CCCOc1ccc(N2CCN(C(=O)c3ccc(C4CC4CC(=O)OCI)c4ccccc34)CC2)cc1)C1CCCC1. The zero-order valence-corrected chi connectivity index (χ0v) is 27.9. The first-order valence-electron chi connectivity index (χ1n) is 16.2. The van der Waals surface area contributed by atoms with Crippen molar-refractivity contribution in [3.8, 4) is 5.75 Å². The van der Waals surface area contributed by atoms with Gasteiger partial charge in [0.2, 0.25) is 0 Å². The number of halogens is 1. The fourth-order valence-corrected chi connectivity index (χ4v) is 7.49. The number of hydrogen-bond acceptors (Lipinski definition) is 6. The third-order valence-corrected chi connectivity index (χ3v) is 10.1. The molecule has 0 bridgehead atoms. The third kappa shape index (κ3) is 7.33. The first-order chi connectivity index (χ1) is 21.5. The lowest BCUT2D eigenvalue weighted by Gasteiger charge is -2.36. The average Bonchev–Trinajstić information content (AvgIpc) is 3.57. The number of benzene rings is 3. The van der Waals surface area contributed by atoms with E-state index in [1.54, 1.807) is 0 Å². The molecule has 3 aromatic rings. The zero-order valence-electron chi connectivity index (χ0n) is 25.8. The first-order valence-corrected chi connectivity index (χ1v) is 17.7. The molecule has 3 aromatic carbocycles. The van der Waals surface area contributed by atoms with Crippen molar-refractivity contribution >= 4 is 50.9 Å². The number of esters is 1. The molecule has 0 spiro atoms. The van der Waals surface area contributed by atoms with Crippen LogP contribution in [0.1, 0.15) is 66.8 Å². The van der Waals surface area contributed by atoms with Gasteiger partial charge in [-0.05, 0) is 114 Å². The molecule has 1 amide bonds. The van der Waals surface area contributed by atoms with Crippen molar-refractivity contribution in [1.82, 2.24) is 9.80 Å².